The molecule has 1 aliphatic heterocycles. The molecule has 0 spiro atoms. The van der Waals surface area contributed by atoms with Gasteiger partial charge < -0.3 is 25.6 Å². The van der Waals surface area contributed by atoms with E-state index >= 15 is 0 Å². The Bertz CT molecular complexity index is 194. The average molecular weight is 232 g/mol. The highest BCUT2D eigenvalue weighted by Crippen LogP contribution is 2.04. The second-order valence-corrected chi connectivity index (χ2v) is 4.90. The Morgan fingerprint density at radius 2 is 2.38 bits per heavy atom. The highest BCUT2D eigenvalue weighted by Gasteiger charge is 2.21. The topological polar surface area (TPSA) is 73.8 Å². The fourth-order valence-electron chi connectivity index (χ4n) is 1.73. The van der Waals surface area contributed by atoms with Crippen LogP contribution < -0.4 is 10.6 Å². The van der Waals surface area contributed by atoms with Crippen LogP contribution in [0.1, 0.15) is 20.3 Å². The van der Waals surface area contributed by atoms with E-state index in [1.165, 1.54) is 0 Å². The quantitative estimate of drug-likeness (QED) is 0.477. The summed E-state index contributed by atoms with van der Waals surface area (Å²) in [5.41, 5.74) is -1.04. The molecule has 0 aromatic rings. The largest absolute Gasteiger partial charge is 0.393 e. The fraction of sp³-hybridized carbons (Fsp3) is 1.00. The molecule has 0 radical (unpaired) electrons. The SMILES string of the molecule is CC(CC1COCCN1)NCC(C)(O)CO. The van der Waals surface area contributed by atoms with Crippen molar-refractivity contribution in [1.29, 1.82) is 0 Å². The van der Waals surface area contributed by atoms with E-state index in [1.807, 2.05) is 0 Å². The molecule has 0 amide bonds. The van der Waals surface area contributed by atoms with Crippen molar-refractivity contribution in [3.8, 4) is 0 Å². The molecule has 1 aliphatic rings. The van der Waals surface area contributed by atoms with E-state index in [4.69, 9.17) is 9.84 Å². The van der Waals surface area contributed by atoms with Gasteiger partial charge in [-0.15, -0.1) is 0 Å². The number of hydrogen-bond donors (Lipinski definition) is 4. The number of hydrogen-bond acceptors (Lipinski definition) is 5. The van der Waals surface area contributed by atoms with E-state index in [0.29, 0.717) is 12.6 Å². The van der Waals surface area contributed by atoms with Crippen molar-refractivity contribution in [1.82, 2.24) is 10.6 Å². The van der Waals surface area contributed by atoms with Gasteiger partial charge in [0.1, 0.15) is 0 Å². The molecule has 0 aliphatic carbocycles. The van der Waals surface area contributed by atoms with Gasteiger partial charge in [0.25, 0.3) is 0 Å². The van der Waals surface area contributed by atoms with Crippen LogP contribution >= 0.6 is 0 Å². The molecular weight excluding hydrogens is 208 g/mol. The lowest BCUT2D eigenvalue weighted by Gasteiger charge is -2.28. The molecule has 1 fully saturated rings. The van der Waals surface area contributed by atoms with E-state index in [-0.39, 0.29) is 12.6 Å². The van der Waals surface area contributed by atoms with Gasteiger partial charge in [-0.05, 0) is 20.3 Å². The number of aliphatic hydroxyl groups is 2. The first-order valence-electron chi connectivity index (χ1n) is 5.91. The summed E-state index contributed by atoms with van der Waals surface area (Å²) in [5, 5.41) is 25.1. The van der Waals surface area contributed by atoms with Crippen molar-refractivity contribution in [3.63, 3.8) is 0 Å². The van der Waals surface area contributed by atoms with Gasteiger partial charge in [0.2, 0.25) is 0 Å². The molecule has 3 atom stereocenters. The predicted molar refractivity (Wildman–Crippen MR) is 62.4 cm³/mol. The summed E-state index contributed by atoms with van der Waals surface area (Å²) in [7, 11) is 0. The Kier molecular flexibility index (Phi) is 5.64. The molecule has 16 heavy (non-hydrogen) atoms. The van der Waals surface area contributed by atoms with Crippen molar-refractivity contribution in [3.05, 3.63) is 0 Å². The Hall–Kier alpha value is -0.200. The van der Waals surface area contributed by atoms with Crippen molar-refractivity contribution in [2.24, 2.45) is 0 Å². The monoisotopic (exact) mass is 232 g/mol. The second-order valence-electron chi connectivity index (χ2n) is 4.90. The number of nitrogens with one attached hydrogen (secondary N) is 2. The Morgan fingerprint density at radius 1 is 1.62 bits per heavy atom. The van der Waals surface area contributed by atoms with E-state index in [2.05, 4.69) is 17.6 Å². The van der Waals surface area contributed by atoms with Gasteiger partial charge in [0.15, 0.2) is 0 Å². The minimum Gasteiger partial charge on any atom is -0.393 e. The van der Waals surface area contributed by atoms with E-state index < -0.39 is 5.60 Å². The van der Waals surface area contributed by atoms with Gasteiger partial charge in [-0.2, -0.15) is 0 Å². The summed E-state index contributed by atoms with van der Waals surface area (Å²) < 4.78 is 5.37. The Balaban J connectivity index is 2.17. The molecule has 5 heteroatoms. The highest BCUT2D eigenvalue weighted by molar-refractivity contribution is 4.80. The van der Waals surface area contributed by atoms with Gasteiger partial charge in [0.05, 0.1) is 25.4 Å². The maximum absolute atomic E-state index is 9.63. The van der Waals surface area contributed by atoms with Crippen LogP contribution in [-0.4, -0.2) is 60.8 Å². The van der Waals surface area contributed by atoms with Crippen LogP contribution in [0.3, 0.4) is 0 Å². The number of ether oxygens (including phenoxy) is 1. The van der Waals surface area contributed by atoms with Crippen LogP contribution in [0.15, 0.2) is 0 Å². The molecule has 1 rings (SSSR count). The first kappa shape index (κ1) is 13.9. The third-order valence-corrected chi connectivity index (χ3v) is 2.81. The smallest absolute Gasteiger partial charge is 0.0972 e. The minimum atomic E-state index is -1.04. The maximum atomic E-state index is 9.63. The fourth-order valence-corrected chi connectivity index (χ4v) is 1.73. The zero-order valence-electron chi connectivity index (χ0n) is 10.2. The minimum absolute atomic E-state index is 0.225. The molecule has 0 aromatic carbocycles. The maximum Gasteiger partial charge on any atom is 0.0972 e. The zero-order chi connectivity index (χ0) is 12.0. The van der Waals surface area contributed by atoms with Crippen LogP contribution in [-0.2, 0) is 4.74 Å². The molecule has 96 valence electrons. The van der Waals surface area contributed by atoms with Crippen molar-refractivity contribution >= 4 is 0 Å². The normalized spacial score (nSPS) is 27.4. The van der Waals surface area contributed by atoms with Crippen molar-refractivity contribution < 1.29 is 14.9 Å². The zero-order valence-corrected chi connectivity index (χ0v) is 10.2. The lowest BCUT2D eigenvalue weighted by molar-refractivity contribution is 0.0000517. The Morgan fingerprint density at radius 3 is 2.94 bits per heavy atom. The molecular formula is C11H24N2O3. The summed E-state index contributed by atoms with van der Waals surface area (Å²) in [6.07, 6.45) is 0.960. The van der Waals surface area contributed by atoms with Crippen LogP contribution in [0, 0.1) is 0 Å². The number of morpholine rings is 1. The third kappa shape index (κ3) is 5.23. The first-order valence-corrected chi connectivity index (χ1v) is 5.91. The van der Waals surface area contributed by atoms with Crippen molar-refractivity contribution in [2.45, 2.75) is 38.0 Å². The van der Waals surface area contributed by atoms with E-state index in [1.54, 1.807) is 6.92 Å². The summed E-state index contributed by atoms with van der Waals surface area (Å²) in [6, 6.07) is 0.674. The second kappa shape index (κ2) is 6.51. The van der Waals surface area contributed by atoms with E-state index in [0.717, 1.165) is 26.2 Å². The lowest BCUT2D eigenvalue weighted by atomic mass is 10.1. The number of rotatable bonds is 6. The van der Waals surface area contributed by atoms with Crippen LogP contribution in [0.5, 0.6) is 0 Å². The first-order chi connectivity index (χ1) is 7.53. The average Bonchev–Trinajstić information content (AvgIpc) is 2.28. The highest BCUT2D eigenvalue weighted by atomic mass is 16.5. The molecule has 4 N–H and O–H groups in total. The van der Waals surface area contributed by atoms with E-state index in [9.17, 15) is 5.11 Å². The molecule has 1 heterocycles. The summed E-state index contributed by atoms with van der Waals surface area (Å²) in [4.78, 5) is 0. The summed E-state index contributed by atoms with van der Waals surface area (Å²) in [6.45, 7) is 6.32. The lowest BCUT2D eigenvalue weighted by Crippen LogP contribution is -2.48. The molecule has 0 bridgehead atoms. The molecule has 5 nitrogen and oxygen atoms in total. The summed E-state index contributed by atoms with van der Waals surface area (Å²) >= 11 is 0. The van der Waals surface area contributed by atoms with Gasteiger partial charge in [-0.25, -0.2) is 0 Å². The third-order valence-electron chi connectivity index (χ3n) is 2.81. The molecule has 3 unspecified atom stereocenters. The summed E-state index contributed by atoms with van der Waals surface area (Å²) in [5.74, 6) is 0. The standard InChI is InChI=1S/C11H24N2O3/c1-9(13-7-11(2,15)8-14)5-10-6-16-4-3-12-10/h9-10,12-15H,3-8H2,1-2H3. The van der Waals surface area contributed by atoms with Crippen LogP contribution in [0.25, 0.3) is 0 Å². The Labute approximate surface area is 97.2 Å². The van der Waals surface area contributed by atoms with Gasteiger partial charge in [-0.3, -0.25) is 0 Å². The predicted octanol–water partition coefficient (Wildman–Crippen LogP) is -0.914. The number of aliphatic hydroxyl groups excluding tert-OH is 1. The van der Waals surface area contributed by atoms with Crippen LogP contribution in [0.4, 0.5) is 0 Å². The molecule has 1 saturated heterocycles. The van der Waals surface area contributed by atoms with Crippen LogP contribution in [0.2, 0.25) is 0 Å². The van der Waals surface area contributed by atoms with Gasteiger partial charge in [-0.1, -0.05) is 0 Å². The molecule has 0 aromatic heterocycles. The van der Waals surface area contributed by atoms with Gasteiger partial charge >= 0.3 is 0 Å². The van der Waals surface area contributed by atoms with Crippen molar-refractivity contribution in [2.75, 3.05) is 32.9 Å². The van der Waals surface area contributed by atoms with Gasteiger partial charge in [0, 0.05) is 25.2 Å². The molecule has 0 saturated carbocycles.